The van der Waals surface area contributed by atoms with Gasteiger partial charge < -0.3 is 19.9 Å². The zero-order valence-corrected chi connectivity index (χ0v) is 18.1. The van der Waals surface area contributed by atoms with Crippen molar-refractivity contribution in [3.63, 3.8) is 0 Å². The number of rotatable bonds is 6. The van der Waals surface area contributed by atoms with Gasteiger partial charge in [-0.25, -0.2) is 4.98 Å². The summed E-state index contributed by atoms with van der Waals surface area (Å²) in [6.45, 7) is 7.64. The molecule has 2 atom stereocenters. The van der Waals surface area contributed by atoms with Crippen LogP contribution in [0, 0.1) is 0 Å². The second-order valence-electron chi connectivity index (χ2n) is 7.34. The highest BCUT2D eigenvalue weighted by atomic mass is 32.1. The molecule has 6 nitrogen and oxygen atoms in total. The fourth-order valence-electron chi connectivity index (χ4n) is 3.48. The van der Waals surface area contributed by atoms with Crippen LogP contribution >= 0.6 is 11.3 Å². The highest BCUT2D eigenvalue weighted by molar-refractivity contribution is 7.09. The van der Waals surface area contributed by atoms with E-state index in [4.69, 9.17) is 4.74 Å². The maximum Gasteiger partial charge on any atom is 0.193 e. The summed E-state index contributed by atoms with van der Waals surface area (Å²) < 4.78 is 5.81. The first-order valence-corrected chi connectivity index (χ1v) is 10.7. The van der Waals surface area contributed by atoms with Gasteiger partial charge >= 0.3 is 0 Å². The van der Waals surface area contributed by atoms with Gasteiger partial charge in [0.15, 0.2) is 5.96 Å². The topological polar surface area (TPSA) is 53.0 Å². The molecular weight excluding hydrogens is 370 g/mol. The Morgan fingerprint density at radius 3 is 2.71 bits per heavy atom. The summed E-state index contributed by atoms with van der Waals surface area (Å²) in [7, 11) is 3.90. The molecule has 0 amide bonds. The van der Waals surface area contributed by atoms with Gasteiger partial charge in [0.05, 0.1) is 12.2 Å². The number of aliphatic imine (C=N–C) groups is 1. The average molecular weight is 402 g/mol. The number of aromatic nitrogens is 1. The van der Waals surface area contributed by atoms with E-state index in [0.29, 0.717) is 6.54 Å². The van der Waals surface area contributed by atoms with Gasteiger partial charge in [-0.2, -0.15) is 0 Å². The predicted molar refractivity (Wildman–Crippen MR) is 117 cm³/mol. The van der Waals surface area contributed by atoms with E-state index < -0.39 is 0 Å². The molecule has 2 unspecified atom stereocenters. The second kappa shape index (κ2) is 9.89. The summed E-state index contributed by atoms with van der Waals surface area (Å²) in [5, 5.41) is 5.56. The summed E-state index contributed by atoms with van der Waals surface area (Å²) in [5.74, 6) is 1.92. The molecule has 2 aromatic rings. The van der Waals surface area contributed by atoms with Crippen LogP contribution in [0.5, 0.6) is 0 Å². The highest BCUT2D eigenvalue weighted by Gasteiger charge is 2.22. The third-order valence-corrected chi connectivity index (χ3v) is 5.79. The number of nitrogens with zero attached hydrogens (tertiary/aromatic N) is 4. The number of ether oxygens (including phenoxy) is 1. The molecule has 1 saturated heterocycles. The van der Waals surface area contributed by atoms with Crippen molar-refractivity contribution < 1.29 is 4.74 Å². The number of morpholine rings is 1. The van der Waals surface area contributed by atoms with E-state index in [1.807, 2.05) is 13.2 Å². The lowest BCUT2D eigenvalue weighted by molar-refractivity contribution is -0.00545. The third kappa shape index (κ3) is 5.69. The van der Waals surface area contributed by atoms with Crippen molar-refractivity contribution in [2.45, 2.75) is 39.0 Å². The quantitative estimate of drug-likeness (QED) is 0.596. The van der Waals surface area contributed by atoms with Crippen LogP contribution in [0.15, 0.2) is 40.8 Å². The van der Waals surface area contributed by atoms with Crippen LogP contribution in [-0.4, -0.2) is 61.8 Å². The van der Waals surface area contributed by atoms with Crippen molar-refractivity contribution in [2.24, 2.45) is 4.99 Å². The van der Waals surface area contributed by atoms with Crippen LogP contribution in [-0.2, 0) is 17.7 Å². The summed E-state index contributed by atoms with van der Waals surface area (Å²) in [5.41, 5.74) is 1.14. The van der Waals surface area contributed by atoms with Crippen molar-refractivity contribution in [1.82, 2.24) is 15.2 Å². The molecule has 0 spiro atoms. The van der Waals surface area contributed by atoms with Gasteiger partial charge in [0.2, 0.25) is 0 Å². The summed E-state index contributed by atoms with van der Waals surface area (Å²) >= 11 is 1.80. The molecule has 3 rings (SSSR count). The number of nitrogens with one attached hydrogen (secondary N) is 1. The standard InChI is InChI=1S/C21H31N5OS/c1-16-14-26(15-17(2)27-16)20-8-7-18(12-23-20)13-24-21(22-3)25(4)10-9-19-6-5-11-28-19/h5-8,11-12,16-17H,9-10,13-15H2,1-4H3,(H,22,24). The minimum absolute atomic E-state index is 0.236. The molecule has 2 aromatic heterocycles. The largest absolute Gasteiger partial charge is 0.372 e. The van der Waals surface area contributed by atoms with Crippen LogP contribution in [0.3, 0.4) is 0 Å². The lowest BCUT2D eigenvalue weighted by Crippen LogP contribution is -2.45. The van der Waals surface area contributed by atoms with Crippen molar-refractivity contribution in [3.8, 4) is 0 Å². The molecule has 3 heterocycles. The summed E-state index contributed by atoms with van der Waals surface area (Å²) in [6.07, 6.45) is 3.45. The van der Waals surface area contributed by atoms with Crippen molar-refractivity contribution in [3.05, 3.63) is 46.3 Å². The zero-order valence-electron chi connectivity index (χ0n) is 17.3. The Balaban J connectivity index is 1.50. The van der Waals surface area contributed by atoms with Gasteiger partial charge in [0.1, 0.15) is 5.82 Å². The number of anilines is 1. The SMILES string of the molecule is CN=C(NCc1ccc(N2CC(C)OC(C)C2)nc1)N(C)CCc1cccs1. The molecule has 1 aliphatic rings. The van der Waals surface area contributed by atoms with E-state index in [1.54, 1.807) is 11.3 Å². The number of thiophene rings is 1. The summed E-state index contributed by atoms with van der Waals surface area (Å²) in [4.78, 5) is 14.9. The van der Waals surface area contributed by atoms with E-state index >= 15 is 0 Å². The maximum absolute atomic E-state index is 5.81. The van der Waals surface area contributed by atoms with Crippen LogP contribution < -0.4 is 10.2 Å². The fourth-order valence-corrected chi connectivity index (χ4v) is 4.18. The van der Waals surface area contributed by atoms with E-state index in [9.17, 15) is 0 Å². The van der Waals surface area contributed by atoms with E-state index in [1.165, 1.54) is 4.88 Å². The van der Waals surface area contributed by atoms with E-state index in [-0.39, 0.29) is 12.2 Å². The molecule has 28 heavy (non-hydrogen) atoms. The number of hydrogen-bond acceptors (Lipinski definition) is 5. The van der Waals surface area contributed by atoms with Crippen molar-refractivity contribution >= 4 is 23.1 Å². The predicted octanol–water partition coefficient (Wildman–Crippen LogP) is 3.01. The average Bonchev–Trinajstić information content (AvgIpc) is 3.20. The molecule has 0 radical (unpaired) electrons. The first kappa shape index (κ1) is 20.6. The Bertz CT molecular complexity index is 737. The first-order chi connectivity index (χ1) is 13.5. The lowest BCUT2D eigenvalue weighted by Gasteiger charge is -2.36. The zero-order chi connectivity index (χ0) is 19.9. The number of pyridine rings is 1. The minimum atomic E-state index is 0.236. The minimum Gasteiger partial charge on any atom is -0.372 e. The molecular formula is C21H31N5OS. The Labute approximate surface area is 172 Å². The van der Waals surface area contributed by atoms with Gasteiger partial charge in [-0.1, -0.05) is 12.1 Å². The van der Waals surface area contributed by atoms with E-state index in [0.717, 1.165) is 43.4 Å². The Hall–Kier alpha value is -2.12. The van der Waals surface area contributed by atoms with Gasteiger partial charge in [-0.3, -0.25) is 4.99 Å². The third-order valence-electron chi connectivity index (χ3n) is 4.85. The molecule has 0 aromatic carbocycles. The van der Waals surface area contributed by atoms with Gasteiger partial charge in [0, 0.05) is 51.3 Å². The van der Waals surface area contributed by atoms with Crippen molar-refractivity contribution in [1.29, 1.82) is 0 Å². The Morgan fingerprint density at radius 2 is 2.11 bits per heavy atom. The van der Waals surface area contributed by atoms with Gasteiger partial charge in [-0.15, -0.1) is 11.3 Å². The van der Waals surface area contributed by atoms with Crippen LogP contribution in [0.4, 0.5) is 5.82 Å². The second-order valence-corrected chi connectivity index (χ2v) is 8.37. The molecule has 0 saturated carbocycles. The monoisotopic (exact) mass is 401 g/mol. The Kier molecular flexibility index (Phi) is 7.28. The van der Waals surface area contributed by atoms with Gasteiger partial charge in [-0.05, 0) is 43.3 Å². The maximum atomic E-state index is 5.81. The lowest BCUT2D eigenvalue weighted by atomic mass is 10.2. The normalized spacial score (nSPS) is 20.3. The molecule has 1 fully saturated rings. The van der Waals surface area contributed by atoms with Crippen molar-refractivity contribution in [2.75, 3.05) is 38.6 Å². The molecule has 0 bridgehead atoms. The van der Waals surface area contributed by atoms with Crippen LogP contribution in [0.25, 0.3) is 0 Å². The number of likely N-dealkylation sites (N-methyl/N-ethyl adjacent to an activating group) is 1. The fraction of sp³-hybridized carbons (Fsp3) is 0.524. The number of hydrogen-bond donors (Lipinski definition) is 1. The molecule has 1 aliphatic heterocycles. The van der Waals surface area contributed by atoms with Gasteiger partial charge in [0.25, 0.3) is 0 Å². The van der Waals surface area contributed by atoms with E-state index in [2.05, 4.69) is 75.6 Å². The molecule has 1 N–H and O–H groups in total. The highest BCUT2D eigenvalue weighted by Crippen LogP contribution is 2.18. The Morgan fingerprint density at radius 1 is 1.32 bits per heavy atom. The smallest absolute Gasteiger partial charge is 0.193 e. The molecule has 152 valence electrons. The molecule has 0 aliphatic carbocycles. The number of guanidine groups is 1. The van der Waals surface area contributed by atoms with Crippen LogP contribution in [0.1, 0.15) is 24.3 Å². The summed E-state index contributed by atoms with van der Waals surface area (Å²) in [6, 6.07) is 8.52. The van der Waals surface area contributed by atoms with Crippen LogP contribution in [0.2, 0.25) is 0 Å². The first-order valence-electron chi connectivity index (χ1n) is 9.84. The molecule has 7 heteroatoms.